The predicted molar refractivity (Wildman–Crippen MR) is 125 cm³/mol. The van der Waals surface area contributed by atoms with Crippen LogP contribution in [0, 0.1) is 5.82 Å². The Morgan fingerprint density at radius 3 is 2.91 bits per heavy atom. The standard InChI is InChI=1S/C25H22ClFN4O/c1-14-13-32-24-21(14)11-20(30-23(24)16-3-5-19(27)6-4-16)7-8-28-15(2)22-10-17-9-18(26)12-29-25(17)31-22/h3-6,9-12,14,28H,2,7-8,13H2,1H3,(H,29,31). The summed E-state index contributed by atoms with van der Waals surface area (Å²) < 4.78 is 19.3. The van der Waals surface area contributed by atoms with E-state index in [1.54, 1.807) is 18.3 Å². The number of nitrogens with zero attached hydrogens (tertiary/aromatic N) is 2. The van der Waals surface area contributed by atoms with Crippen molar-refractivity contribution in [1.29, 1.82) is 0 Å². The molecule has 0 saturated heterocycles. The molecule has 0 amide bonds. The molecule has 5 rings (SSSR count). The fraction of sp³-hybridized carbons (Fsp3) is 0.200. The van der Waals surface area contributed by atoms with E-state index < -0.39 is 0 Å². The van der Waals surface area contributed by atoms with Gasteiger partial charge in [-0.25, -0.2) is 14.4 Å². The molecule has 4 heterocycles. The number of pyridine rings is 2. The number of hydrogen-bond acceptors (Lipinski definition) is 4. The van der Waals surface area contributed by atoms with Gasteiger partial charge in [-0.15, -0.1) is 0 Å². The van der Waals surface area contributed by atoms with Gasteiger partial charge in [0.1, 0.15) is 22.9 Å². The molecule has 1 aliphatic heterocycles. The number of halogens is 2. The summed E-state index contributed by atoms with van der Waals surface area (Å²) in [5.41, 5.74) is 6.11. The van der Waals surface area contributed by atoms with Crippen molar-refractivity contribution in [3.8, 4) is 17.0 Å². The molecule has 0 aliphatic carbocycles. The molecule has 1 atom stereocenters. The monoisotopic (exact) mass is 448 g/mol. The molecular formula is C25H22ClFN4O. The van der Waals surface area contributed by atoms with Gasteiger partial charge in [0.2, 0.25) is 0 Å². The summed E-state index contributed by atoms with van der Waals surface area (Å²) in [5, 5.41) is 4.90. The van der Waals surface area contributed by atoms with Crippen LogP contribution in [0.5, 0.6) is 5.75 Å². The van der Waals surface area contributed by atoms with Crippen LogP contribution < -0.4 is 10.1 Å². The van der Waals surface area contributed by atoms with Gasteiger partial charge in [-0.2, -0.15) is 0 Å². The molecule has 0 fully saturated rings. The maximum Gasteiger partial charge on any atom is 0.149 e. The average Bonchev–Trinajstić information content (AvgIpc) is 3.37. The summed E-state index contributed by atoms with van der Waals surface area (Å²) in [5.74, 6) is 0.821. The lowest BCUT2D eigenvalue weighted by molar-refractivity contribution is 0.337. The minimum atomic E-state index is -0.270. The van der Waals surface area contributed by atoms with Crippen molar-refractivity contribution in [1.82, 2.24) is 20.3 Å². The third-order valence-electron chi connectivity index (χ3n) is 5.66. The summed E-state index contributed by atoms with van der Waals surface area (Å²) in [7, 11) is 0. The Morgan fingerprint density at radius 1 is 1.28 bits per heavy atom. The largest absolute Gasteiger partial charge is 0.490 e. The third-order valence-corrected chi connectivity index (χ3v) is 5.87. The zero-order chi connectivity index (χ0) is 22.2. The van der Waals surface area contributed by atoms with Gasteiger partial charge in [0.25, 0.3) is 0 Å². The van der Waals surface area contributed by atoms with Crippen LogP contribution >= 0.6 is 11.6 Å². The molecule has 32 heavy (non-hydrogen) atoms. The Hall–Kier alpha value is -3.38. The van der Waals surface area contributed by atoms with Gasteiger partial charge in [0.15, 0.2) is 0 Å². The van der Waals surface area contributed by atoms with Crippen molar-refractivity contribution in [2.45, 2.75) is 19.3 Å². The van der Waals surface area contributed by atoms with Crippen molar-refractivity contribution in [2.24, 2.45) is 0 Å². The average molecular weight is 449 g/mol. The highest BCUT2D eigenvalue weighted by Crippen LogP contribution is 2.41. The first-order valence-electron chi connectivity index (χ1n) is 10.5. The zero-order valence-electron chi connectivity index (χ0n) is 17.6. The molecule has 162 valence electrons. The molecule has 5 nitrogen and oxygen atoms in total. The second kappa shape index (κ2) is 8.28. The molecule has 7 heteroatoms. The van der Waals surface area contributed by atoms with Crippen LogP contribution in [0.2, 0.25) is 5.02 Å². The number of aromatic nitrogens is 3. The molecule has 0 saturated carbocycles. The van der Waals surface area contributed by atoms with Gasteiger partial charge in [0, 0.05) is 47.3 Å². The second-order valence-electron chi connectivity index (χ2n) is 8.03. The lowest BCUT2D eigenvalue weighted by atomic mass is 9.99. The minimum absolute atomic E-state index is 0.270. The van der Waals surface area contributed by atoms with Gasteiger partial charge < -0.3 is 15.0 Å². The third kappa shape index (κ3) is 3.94. The number of hydrogen-bond donors (Lipinski definition) is 2. The lowest BCUT2D eigenvalue weighted by Crippen LogP contribution is -2.16. The van der Waals surface area contributed by atoms with Crippen LogP contribution in [0.4, 0.5) is 4.39 Å². The predicted octanol–water partition coefficient (Wildman–Crippen LogP) is 5.72. The van der Waals surface area contributed by atoms with E-state index in [1.807, 2.05) is 12.1 Å². The lowest BCUT2D eigenvalue weighted by Gasteiger charge is -2.12. The second-order valence-corrected chi connectivity index (χ2v) is 8.47. The van der Waals surface area contributed by atoms with E-state index in [0.717, 1.165) is 50.7 Å². The Bertz CT molecular complexity index is 1320. The Labute approximate surface area is 190 Å². The number of H-pyrrole nitrogens is 1. The van der Waals surface area contributed by atoms with Crippen molar-refractivity contribution in [3.63, 3.8) is 0 Å². The first-order valence-corrected chi connectivity index (χ1v) is 10.9. The molecule has 1 aliphatic rings. The van der Waals surface area contributed by atoms with Crippen LogP contribution in [0.25, 0.3) is 28.0 Å². The highest BCUT2D eigenvalue weighted by atomic mass is 35.5. The number of fused-ring (bicyclic) bond motifs is 2. The van der Waals surface area contributed by atoms with Crippen LogP contribution in [0.3, 0.4) is 0 Å². The summed E-state index contributed by atoms with van der Waals surface area (Å²) >= 11 is 6.03. The molecule has 0 radical (unpaired) electrons. The van der Waals surface area contributed by atoms with Gasteiger partial charge in [-0.05, 0) is 42.5 Å². The number of aromatic amines is 1. The highest BCUT2D eigenvalue weighted by Gasteiger charge is 2.26. The van der Waals surface area contributed by atoms with Crippen molar-refractivity contribution < 1.29 is 9.13 Å². The quantitative estimate of drug-likeness (QED) is 0.396. The number of nitrogens with one attached hydrogen (secondary N) is 2. The number of ether oxygens (including phenoxy) is 1. The molecule has 0 spiro atoms. The van der Waals surface area contributed by atoms with Crippen molar-refractivity contribution in [3.05, 3.63) is 83.0 Å². The van der Waals surface area contributed by atoms with Gasteiger partial charge in [-0.3, -0.25) is 0 Å². The Balaban J connectivity index is 1.33. The molecule has 4 aromatic rings. The highest BCUT2D eigenvalue weighted by molar-refractivity contribution is 6.31. The number of benzene rings is 1. The minimum Gasteiger partial charge on any atom is -0.490 e. The van der Waals surface area contributed by atoms with E-state index >= 15 is 0 Å². The van der Waals surface area contributed by atoms with Crippen molar-refractivity contribution >= 4 is 28.3 Å². The first kappa shape index (κ1) is 20.5. The van der Waals surface area contributed by atoms with Crippen LogP contribution in [0.15, 0.2) is 55.2 Å². The number of rotatable bonds is 6. The van der Waals surface area contributed by atoms with E-state index in [4.69, 9.17) is 21.3 Å². The van der Waals surface area contributed by atoms with Crippen LogP contribution in [0.1, 0.15) is 29.8 Å². The molecule has 2 N–H and O–H groups in total. The smallest absolute Gasteiger partial charge is 0.149 e. The molecule has 0 bridgehead atoms. The van der Waals surface area contributed by atoms with Crippen molar-refractivity contribution in [2.75, 3.05) is 13.2 Å². The Kier molecular flexibility index (Phi) is 5.31. The first-order chi connectivity index (χ1) is 15.5. The fourth-order valence-corrected chi connectivity index (χ4v) is 4.11. The van der Waals surface area contributed by atoms with Crippen LogP contribution in [-0.2, 0) is 6.42 Å². The van der Waals surface area contributed by atoms with E-state index in [0.29, 0.717) is 30.5 Å². The summed E-state index contributed by atoms with van der Waals surface area (Å²) in [6, 6.07) is 12.3. The molecule has 1 aromatic carbocycles. The molecular weight excluding hydrogens is 427 g/mol. The maximum atomic E-state index is 13.4. The normalized spacial score (nSPS) is 14.9. The van der Waals surface area contributed by atoms with Gasteiger partial charge in [0.05, 0.1) is 23.0 Å². The van der Waals surface area contributed by atoms with E-state index in [9.17, 15) is 4.39 Å². The summed E-state index contributed by atoms with van der Waals surface area (Å²) in [6.45, 7) is 7.56. The maximum absolute atomic E-state index is 13.4. The van der Waals surface area contributed by atoms with Gasteiger partial charge in [-0.1, -0.05) is 25.1 Å². The fourth-order valence-electron chi connectivity index (χ4n) is 3.94. The van der Waals surface area contributed by atoms with Gasteiger partial charge >= 0.3 is 0 Å². The SMILES string of the molecule is C=C(NCCc1cc2c(c(-c3ccc(F)cc3)n1)OCC2C)c1cc2cc(Cl)cnc2[nH]1. The van der Waals surface area contributed by atoms with E-state index in [1.165, 1.54) is 12.1 Å². The molecule has 1 unspecified atom stereocenters. The summed E-state index contributed by atoms with van der Waals surface area (Å²) in [4.78, 5) is 12.4. The zero-order valence-corrected chi connectivity index (χ0v) is 18.3. The molecule has 3 aromatic heterocycles. The topological polar surface area (TPSA) is 62.8 Å². The van der Waals surface area contributed by atoms with E-state index in [2.05, 4.69) is 34.9 Å². The van der Waals surface area contributed by atoms with Crippen LogP contribution in [-0.4, -0.2) is 28.1 Å². The summed E-state index contributed by atoms with van der Waals surface area (Å²) in [6.07, 6.45) is 2.32. The Morgan fingerprint density at radius 2 is 2.09 bits per heavy atom. The van der Waals surface area contributed by atoms with E-state index in [-0.39, 0.29) is 5.82 Å².